The summed E-state index contributed by atoms with van der Waals surface area (Å²) in [6.45, 7) is 7.17. The Bertz CT molecular complexity index is 576. The van der Waals surface area contributed by atoms with Crippen LogP contribution in [0.3, 0.4) is 0 Å². The minimum absolute atomic E-state index is 0.248. The van der Waals surface area contributed by atoms with E-state index in [1.165, 1.54) is 6.08 Å². The molecule has 100 valence electrons. The van der Waals surface area contributed by atoms with Crippen LogP contribution in [-0.2, 0) is 14.3 Å². The first-order valence-electron chi connectivity index (χ1n) is 6.05. The number of carbonyl (C=O) groups is 2. The van der Waals surface area contributed by atoms with Crippen LogP contribution in [0.2, 0.25) is 0 Å². The summed E-state index contributed by atoms with van der Waals surface area (Å²) < 4.78 is 10.3. The molecule has 4 nitrogen and oxygen atoms in total. The number of aryl methyl sites for hydroxylation is 1. The van der Waals surface area contributed by atoms with Crippen LogP contribution in [0.15, 0.2) is 24.3 Å². The minimum atomic E-state index is -0.577. The second-order valence-electron chi connectivity index (χ2n) is 5.43. The molecule has 0 radical (unpaired) electrons. The molecule has 4 heteroatoms. The van der Waals surface area contributed by atoms with Gasteiger partial charge in [-0.1, -0.05) is 18.2 Å². The molecule has 0 amide bonds. The van der Waals surface area contributed by atoms with Crippen LogP contribution in [0, 0.1) is 6.92 Å². The van der Waals surface area contributed by atoms with E-state index in [1.54, 1.807) is 26.8 Å². The van der Waals surface area contributed by atoms with Gasteiger partial charge in [0.1, 0.15) is 11.4 Å². The minimum Gasteiger partial charge on any atom is -0.457 e. The third-order valence-corrected chi connectivity index (χ3v) is 2.60. The maximum atomic E-state index is 11.7. The molecule has 0 bridgehead atoms. The van der Waals surface area contributed by atoms with Crippen LogP contribution in [0.4, 0.5) is 0 Å². The summed E-state index contributed by atoms with van der Waals surface area (Å²) >= 11 is 0. The largest absolute Gasteiger partial charge is 0.457 e. The number of hydrogen-bond acceptors (Lipinski definition) is 4. The Morgan fingerprint density at radius 1 is 1.32 bits per heavy atom. The third-order valence-electron chi connectivity index (χ3n) is 2.60. The Morgan fingerprint density at radius 3 is 2.63 bits per heavy atom. The van der Waals surface area contributed by atoms with E-state index in [0.29, 0.717) is 11.1 Å². The molecule has 0 saturated carbocycles. The van der Waals surface area contributed by atoms with Crippen LogP contribution in [0.25, 0.3) is 5.76 Å². The van der Waals surface area contributed by atoms with Gasteiger partial charge in [0, 0.05) is 5.56 Å². The third kappa shape index (κ3) is 2.84. The SMILES string of the molecule is Cc1cccc2c1C(=O)O/C2=C/C(=O)OC(C)(C)C. The lowest BCUT2D eigenvalue weighted by Crippen LogP contribution is -2.22. The van der Waals surface area contributed by atoms with Gasteiger partial charge in [-0.2, -0.15) is 0 Å². The van der Waals surface area contributed by atoms with Gasteiger partial charge >= 0.3 is 11.9 Å². The standard InChI is InChI=1S/C15H16O4/c1-9-6-5-7-10-11(18-14(17)13(9)10)8-12(16)19-15(2,3)4/h5-8H,1-4H3/b11-8+. The number of ether oxygens (including phenoxy) is 2. The van der Waals surface area contributed by atoms with E-state index in [1.807, 2.05) is 19.1 Å². The fourth-order valence-electron chi connectivity index (χ4n) is 1.90. The first-order valence-corrected chi connectivity index (χ1v) is 6.05. The second-order valence-corrected chi connectivity index (χ2v) is 5.43. The number of esters is 2. The molecule has 1 aromatic rings. The molecule has 0 N–H and O–H groups in total. The highest BCUT2D eigenvalue weighted by Crippen LogP contribution is 2.31. The van der Waals surface area contributed by atoms with Crippen LogP contribution < -0.4 is 0 Å². The van der Waals surface area contributed by atoms with E-state index >= 15 is 0 Å². The van der Waals surface area contributed by atoms with E-state index in [0.717, 1.165) is 5.56 Å². The molecule has 0 fully saturated rings. The van der Waals surface area contributed by atoms with Crippen molar-refractivity contribution in [3.05, 3.63) is 41.0 Å². The molecule has 0 saturated heterocycles. The van der Waals surface area contributed by atoms with Gasteiger partial charge in [-0.15, -0.1) is 0 Å². The van der Waals surface area contributed by atoms with Gasteiger partial charge in [-0.3, -0.25) is 0 Å². The number of hydrogen-bond donors (Lipinski definition) is 0. The number of fused-ring (bicyclic) bond motifs is 1. The summed E-state index contributed by atoms with van der Waals surface area (Å²) in [4.78, 5) is 23.5. The Labute approximate surface area is 112 Å². The van der Waals surface area contributed by atoms with Crippen molar-refractivity contribution >= 4 is 17.7 Å². The van der Waals surface area contributed by atoms with Gasteiger partial charge in [0.25, 0.3) is 0 Å². The Hall–Kier alpha value is -2.10. The Morgan fingerprint density at radius 2 is 2.00 bits per heavy atom. The molecule has 1 aliphatic heterocycles. The molecule has 1 heterocycles. The summed E-state index contributed by atoms with van der Waals surface area (Å²) in [5, 5.41) is 0. The van der Waals surface area contributed by atoms with Crippen LogP contribution >= 0.6 is 0 Å². The first kappa shape index (κ1) is 13.3. The fraction of sp³-hybridized carbons (Fsp3) is 0.333. The van der Waals surface area contributed by atoms with E-state index in [9.17, 15) is 9.59 Å². The summed E-state index contributed by atoms with van der Waals surface area (Å²) in [5.41, 5.74) is 1.40. The summed E-state index contributed by atoms with van der Waals surface area (Å²) in [6.07, 6.45) is 1.22. The van der Waals surface area contributed by atoms with Crippen molar-refractivity contribution in [1.82, 2.24) is 0 Å². The van der Waals surface area contributed by atoms with Crippen molar-refractivity contribution in [3.63, 3.8) is 0 Å². The van der Waals surface area contributed by atoms with Crippen molar-refractivity contribution in [2.24, 2.45) is 0 Å². The van der Waals surface area contributed by atoms with Crippen molar-refractivity contribution in [2.45, 2.75) is 33.3 Å². The first-order chi connectivity index (χ1) is 8.78. The highest BCUT2D eigenvalue weighted by atomic mass is 16.6. The molecule has 1 aromatic carbocycles. The van der Waals surface area contributed by atoms with Gasteiger partial charge < -0.3 is 9.47 Å². The number of carbonyl (C=O) groups excluding carboxylic acids is 2. The smallest absolute Gasteiger partial charge is 0.344 e. The monoisotopic (exact) mass is 260 g/mol. The van der Waals surface area contributed by atoms with Crippen LogP contribution in [0.1, 0.15) is 42.3 Å². The van der Waals surface area contributed by atoms with Gasteiger partial charge in [0.2, 0.25) is 0 Å². The molecular weight excluding hydrogens is 244 g/mol. The zero-order valence-electron chi connectivity index (χ0n) is 11.4. The Balaban J connectivity index is 2.33. The quantitative estimate of drug-likeness (QED) is 0.575. The molecule has 0 spiro atoms. The molecule has 1 aliphatic rings. The number of benzene rings is 1. The van der Waals surface area contributed by atoms with E-state index in [2.05, 4.69) is 0 Å². The summed E-state index contributed by atoms with van der Waals surface area (Å²) in [7, 11) is 0. The number of rotatable bonds is 1. The summed E-state index contributed by atoms with van der Waals surface area (Å²) in [6, 6.07) is 5.40. The second kappa shape index (κ2) is 4.53. The summed E-state index contributed by atoms with van der Waals surface area (Å²) in [5.74, 6) is -0.703. The molecule has 2 rings (SSSR count). The van der Waals surface area contributed by atoms with E-state index in [4.69, 9.17) is 9.47 Å². The number of cyclic esters (lactones) is 1. The van der Waals surface area contributed by atoms with Crippen molar-refractivity contribution in [3.8, 4) is 0 Å². The molecular formula is C15H16O4. The van der Waals surface area contributed by atoms with Gasteiger partial charge in [-0.05, 0) is 33.3 Å². The average molecular weight is 260 g/mol. The van der Waals surface area contributed by atoms with Crippen LogP contribution in [0.5, 0.6) is 0 Å². The van der Waals surface area contributed by atoms with Crippen molar-refractivity contribution < 1.29 is 19.1 Å². The van der Waals surface area contributed by atoms with Gasteiger partial charge in [0.05, 0.1) is 11.6 Å². The highest BCUT2D eigenvalue weighted by Gasteiger charge is 2.29. The predicted molar refractivity (Wildman–Crippen MR) is 70.4 cm³/mol. The average Bonchev–Trinajstić information content (AvgIpc) is 2.54. The zero-order chi connectivity index (χ0) is 14.2. The predicted octanol–water partition coefficient (Wildman–Crippen LogP) is 2.85. The molecule has 0 unspecified atom stereocenters. The van der Waals surface area contributed by atoms with E-state index < -0.39 is 17.5 Å². The van der Waals surface area contributed by atoms with E-state index in [-0.39, 0.29) is 5.76 Å². The lowest BCUT2D eigenvalue weighted by Gasteiger charge is -2.18. The zero-order valence-corrected chi connectivity index (χ0v) is 11.4. The van der Waals surface area contributed by atoms with Gasteiger partial charge in [0.15, 0.2) is 0 Å². The fourth-order valence-corrected chi connectivity index (χ4v) is 1.90. The highest BCUT2D eigenvalue weighted by molar-refractivity contribution is 6.06. The molecule has 0 atom stereocenters. The normalized spacial score (nSPS) is 16.2. The Kier molecular flexibility index (Phi) is 3.18. The lowest BCUT2D eigenvalue weighted by atomic mass is 10.0. The molecule has 0 aromatic heterocycles. The molecule has 19 heavy (non-hydrogen) atoms. The maximum absolute atomic E-state index is 11.7. The van der Waals surface area contributed by atoms with Crippen LogP contribution in [-0.4, -0.2) is 17.5 Å². The van der Waals surface area contributed by atoms with Crippen molar-refractivity contribution in [2.75, 3.05) is 0 Å². The topological polar surface area (TPSA) is 52.6 Å². The maximum Gasteiger partial charge on any atom is 0.344 e. The van der Waals surface area contributed by atoms with Gasteiger partial charge in [-0.25, -0.2) is 9.59 Å². The van der Waals surface area contributed by atoms with Crippen molar-refractivity contribution in [1.29, 1.82) is 0 Å². The molecule has 0 aliphatic carbocycles. The lowest BCUT2D eigenvalue weighted by molar-refractivity contribution is -0.148.